The Hall–Kier alpha value is -2.99. The lowest BCUT2D eigenvalue weighted by atomic mass is 10.0. The summed E-state index contributed by atoms with van der Waals surface area (Å²) in [5, 5.41) is 5.00. The molecule has 0 fully saturated rings. The molecule has 1 aromatic heterocycles. The minimum atomic E-state index is 0.634. The fourth-order valence-electron chi connectivity index (χ4n) is 3.91. The Labute approximate surface area is 165 Å². The number of nitrogen functional groups attached to an aromatic ring is 1. The lowest BCUT2D eigenvalue weighted by Gasteiger charge is -2.24. The van der Waals surface area contributed by atoms with E-state index in [2.05, 4.69) is 28.8 Å². The predicted octanol–water partition coefficient (Wildman–Crippen LogP) is 3.19. The zero-order valence-electron chi connectivity index (χ0n) is 16.6. The predicted molar refractivity (Wildman–Crippen MR) is 111 cm³/mol. The van der Waals surface area contributed by atoms with Gasteiger partial charge in [0.05, 0.1) is 26.5 Å². The first-order valence-corrected chi connectivity index (χ1v) is 9.43. The molecule has 0 saturated heterocycles. The number of methoxy groups -OCH3 is 2. The van der Waals surface area contributed by atoms with Gasteiger partial charge in [0.15, 0.2) is 11.5 Å². The standard InChI is InChI=1S/C22H26N4O2/c1-25-11-10-19-18(14-25)21(15-6-4-8-17(23)12-15)24-26(19)13-16-7-5-9-20(27-2)22(16)28-3/h4-9,12H,10-11,13-14,23H2,1-3H3. The number of nitrogens with two attached hydrogens (primary N) is 1. The molecule has 0 amide bonds. The topological polar surface area (TPSA) is 65.5 Å². The van der Waals surface area contributed by atoms with E-state index < -0.39 is 0 Å². The van der Waals surface area contributed by atoms with Crippen LogP contribution < -0.4 is 15.2 Å². The van der Waals surface area contributed by atoms with E-state index in [9.17, 15) is 0 Å². The highest BCUT2D eigenvalue weighted by Crippen LogP contribution is 2.34. The Morgan fingerprint density at radius 1 is 1.11 bits per heavy atom. The second kappa shape index (κ2) is 7.56. The second-order valence-corrected chi connectivity index (χ2v) is 7.20. The molecule has 1 aliphatic heterocycles. The fraction of sp³-hybridized carbons (Fsp3) is 0.318. The SMILES string of the molecule is COc1cccc(Cn2nc(-c3cccc(N)c3)c3c2CCN(C)C3)c1OC. The molecule has 3 aromatic rings. The maximum atomic E-state index is 6.02. The van der Waals surface area contributed by atoms with E-state index in [4.69, 9.17) is 20.3 Å². The molecular weight excluding hydrogens is 352 g/mol. The van der Waals surface area contributed by atoms with Gasteiger partial charge in [-0.05, 0) is 25.2 Å². The van der Waals surface area contributed by atoms with Crippen LogP contribution in [0, 0.1) is 0 Å². The molecule has 2 aromatic carbocycles. The second-order valence-electron chi connectivity index (χ2n) is 7.20. The number of benzene rings is 2. The van der Waals surface area contributed by atoms with Gasteiger partial charge in [-0.3, -0.25) is 4.68 Å². The van der Waals surface area contributed by atoms with Crippen molar-refractivity contribution in [1.29, 1.82) is 0 Å². The van der Waals surface area contributed by atoms with E-state index in [1.165, 1.54) is 11.3 Å². The highest BCUT2D eigenvalue weighted by atomic mass is 16.5. The van der Waals surface area contributed by atoms with Gasteiger partial charge in [-0.2, -0.15) is 5.10 Å². The average molecular weight is 378 g/mol. The summed E-state index contributed by atoms with van der Waals surface area (Å²) in [5.74, 6) is 1.49. The van der Waals surface area contributed by atoms with Gasteiger partial charge in [0.2, 0.25) is 0 Å². The monoisotopic (exact) mass is 378 g/mol. The van der Waals surface area contributed by atoms with Gasteiger partial charge >= 0.3 is 0 Å². The molecule has 2 heterocycles. The van der Waals surface area contributed by atoms with E-state index in [-0.39, 0.29) is 0 Å². The van der Waals surface area contributed by atoms with Gasteiger partial charge in [-0.15, -0.1) is 0 Å². The third kappa shape index (κ3) is 3.31. The van der Waals surface area contributed by atoms with E-state index >= 15 is 0 Å². The number of likely N-dealkylation sites (N-methyl/N-ethyl adjacent to an activating group) is 1. The lowest BCUT2D eigenvalue weighted by Crippen LogP contribution is -2.27. The van der Waals surface area contributed by atoms with Crippen LogP contribution in [0.1, 0.15) is 16.8 Å². The van der Waals surface area contributed by atoms with Crippen molar-refractivity contribution in [3.8, 4) is 22.8 Å². The van der Waals surface area contributed by atoms with E-state index in [1.807, 2.05) is 30.3 Å². The van der Waals surface area contributed by atoms with E-state index in [0.717, 1.165) is 53.5 Å². The number of fused-ring (bicyclic) bond motifs is 1. The maximum absolute atomic E-state index is 6.02. The highest BCUT2D eigenvalue weighted by Gasteiger charge is 2.25. The molecule has 6 nitrogen and oxygen atoms in total. The molecule has 0 bridgehead atoms. The lowest BCUT2D eigenvalue weighted by molar-refractivity contribution is 0.308. The van der Waals surface area contributed by atoms with Crippen molar-refractivity contribution in [3.05, 3.63) is 59.3 Å². The van der Waals surface area contributed by atoms with Gasteiger partial charge < -0.3 is 20.1 Å². The summed E-state index contributed by atoms with van der Waals surface area (Å²) < 4.78 is 13.2. The van der Waals surface area contributed by atoms with Crippen LogP contribution in [0.3, 0.4) is 0 Å². The molecule has 0 aliphatic carbocycles. The summed E-state index contributed by atoms with van der Waals surface area (Å²) in [4.78, 5) is 2.33. The van der Waals surface area contributed by atoms with Crippen LogP contribution >= 0.6 is 0 Å². The highest BCUT2D eigenvalue weighted by molar-refractivity contribution is 5.68. The zero-order valence-corrected chi connectivity index (χ0v) is 16.6. The summed E-state index contributed by atoms with van der Waals surface area (Å²) in [5.41, 5.74) is 12.4. The normalized spacial score (nSPS) is 14.0. The van der Waals surface area contributed by atoms with Crippen LogP contribution in [-0.2, 0) is 19.5 Å². The van der Waals surface area contributed by atoms with Crippen molar-refractivity contribution < 1.29 is 9.47 Å². The number of hydrogen-bond acceptors (Lipinski definition) is 5. The number of nitrogens with zero attached hydrogens (tertiary/aromatic N) is 3. The number of ether oxygens (including phenoxy) is 2. The summed E-state index contributed by atoms with van der Waals surface area (Å²) in [6.07, 6.45) is 0.966. The molecule has 1 aliphatic rings. The molecule has 0 spiro atoms. The zero-order chi connectivity index (χ0) is 19.7. The maximum Gasteiger partial charge on any atom is 0.165 e. The first kappa shape index (κ1) is 18.4. The average Bonchev–Trinajstić information content (AvgIpc) is 3.05. The Kier molecular flexibility index (Phi) is 4.96. The quantitative estimate of drug-likeness (QED) is 0.691. The van der Waals surface area contributed by atoms with Crippen LogP contribution in [0.2, 0.25) is 0 Å². The fourth-order valence-corrected chi connectivity index (χ4v) is 3.91. The van der Waals surface area contributed by atoms with Gasteiger partial charge in [0.25, 0.3) is 0 Å². The van der Waals surface area contributed by atoms with E-state index in [1.54, 1.807) is 14.2 Å². The first-order valence-electron chi connectivity index (χ1n) is 9.43. The third-order valence-electron chi connectivity index (χ3n) is 5.29. The summed E-state index contributed by atoms with van der Waals surface area (Å²) in [6.45, 7) is 2.54. The molecule has 146 valence electrons. The number of rotatable bonds is 5. The molecule has 4 rings (SSSR count). The van der Waals surface area contributed by atoms with Crippen molar-refractivity contribution in [2.24, 2.45) is 0 Å². The summed E-state index contributed by atoms with van der Waals surface area (Å²) >= 11 is 0. The van der Waals surface area contributed by atoms with Crippen molar-refractivity contribution in [3.63, 3.8) is 0 Å². The number of hydrogen-bond donors (Lipinski definition) is 1. The Morgan fingerprint density at radius 3 is 2.68 bits per heavy atom. The molecule has 0 unspecified atom stereocenters. The molecular formula is C22H26N4O2. The van der Waals surface area contributed by atoms with Crippen LogP contribution in [0.25, 0.3) is 11.3 Å². The van der Waals surface area contributed by atoms with Gasteiger partial charge in [-0.1, -0.05) is 24.3 Å². The van der Waals surface area contributed by atoms with Gasteiger partial charge in [0.1, 0.15) is 0 Å². The molecule has 6 heteroatoms. The summed E-state index contributed by atoms with van der Waals surface area (Å²) in [6, 6.07) is 13.9. The molecule has 0 atom stereocenters. The van der Waals surface area contributed by atoms with Crippen LogP contribution in [0.4, 0.5) is 5.69 Å². The van der Waals surface area contributed by atoms with Crippen LogP contribution in [0.15, 0.2) is 42.5 Å². The van der Waals surface area contributed by atoms with E-state index in [0.29, 0.717) is 6.54 Å². The van der Waals surface area contributed by atoms with Crippen LogP contribution in [0.5, 0.6) is 11.5 Å². The third-order valence-corrected chi connectivity index (χ3v) is 5.29. The van der Waals surface area contributed by atoms with Crippen LogP contribution in [-0.4, -0.2) is 42.5 Å². The summed E-state index contributed by atoms with van der Waals surface area (Å²) in [7, 11) is 5.48. The molecule has 0 saturated carbocycles. The molecule has 28 heavy (non-hydrogen) atoms. The Morgan fingerprint density at radius 2 is 1.93 bits per heavy atom. The Bertz CT molecular complexity index is 996. The van der Waals surface area contributed by atoms with Gasteiger partial charge in [-0.25, -0.2) is 0 Å². The van der Waals surface area contributed by atoms with Crippen molar-refractivity contribution in [2.45, 2.75) is 19.5 Å². The van der Waals surface area contributed by atoms with Crippen molar-refractivity contribution in [1.82, 2.24) is 14.7 Å². The number of anilines is 1. The molecule has 2 N–H and O–H groups in total. The molecule has 0 radical (unpaired) electrons. The van der Waals surface area contributed by atoms with Crippen molar-refractivity contribution >= 4 is 5.69 Å². The smallest absolute Gasteiger partial charge is 0.165 e. The van der Waals surface area contributed by atoms with Gasteiger partial charge in [0, 0.05) is 47.6 Å². The minimum absolute atomic E-state index is 0.634. The first-order chi connectivity index (χ1) is 13.6. The largest absolute Gasteiger partial charge is 0.493 e. The minimum Gasteiger partial charge on any atom is -0.493 e. The number of para-hydroxylation sites is 1. The Balaban J connectivity index is 1.80. The number of aromatic nitrogens is 2. The van der Waals surface area contributed by atoms with Crippen molar-refractivity contribution in [2.75, 3.05) is 33.5 Å².